The molecule has 0 radical (unpaired) electrons. The van der Waals surface area contributed by atoms with Gasteiger partial charge in [-0.05, 0) is 25.0 Å². The molecule has 1 saturated carbocycles. The van der Waals surface area contributed by atoms with E-state index in [0.717, 1.165) is 37.8 Å². The number of carbonyl (C=O) groups is 1. The summed E-state index contributed by atoms with van der Waals surface area (Å²) in [5, 5.41) is 0. The SMILES string of the molecule is COc1cccc(C=CC(=O)N2CCN(C3CCCC3)CC2)c1OC. The first kappa shape index (κ1) is 17.8. The number of piperazine rings is 1. The van der Waals surface area contributed by atoms with E-state index in [1.165, 1.54) is 25.7 Å². The third-order valence-corrected chi connectivity index (χ3v) is 5.31. The van der Waals surface area contributed by atoms with E-state index in [4.69, 9.17) is 9.47 Å². The second-order valence-corrected chi connectivity index (χ2v) is 6.72. The fourth-order valence-corrected chi connectivity index (χ4v) is 3.89. The Morgan fingerprint density at radius 1 is 1.08 bits per heavy atom. The van der Waals surface area contributed by atoms with Crippen LogP contribution in [0.25, 0.3) is 6.08 Å². The van der Waals surface area contributed by atoms with Gasteiger partial charge in [0.15, 0.2) is 11.5 Å². The molecule has 5 nitrogen and oxygen atoms in total. The van der Waals surface area contributed by atoms with Crippen LogP contribution in [0.1, 0.15) is 31.2 Å². The largest absolute Gasteiger partial charge is 0.493 e. The molecule has 2 fully saturated rings. The lowest BCUT2D eigenvalue weighted by Gasteiger charge is -2.37. The molecule has 3 rings (SSSR count). The van der Waals surface area contributed by atoms with Crippen LogP contribution in [0, 0.1) is 0 Å². The Morgan fingerprint density at radius 2 is 1.80 bits per heavy atom. The van der Waals surface area contributed by atoms with Gasteiger partial charge >= 0.3 is 0 Å². The van der Waals surface area contributed by atoms with Gasteiger partial charge in [-0.2, -0.15) is 0 Å². The van der Waals surface area contributed by atoms with Crippen molar-refractivity contribution in [3.63, 3.8) is 0 Å². The van der Waals surface area contributed by atoms with Gasteiger partial charge in [0.1, 0.15) is 0 Å². The Labute approximate surface area is 150 Å². The van der Waals surface area contributed by atoms with E-state index in [9.17, 15) is 4.79 Å². The number of amides is 1. The summed E-state index contributed by atoms with van der Waals surface area (Å²) in [6.07, 6.45) is 8.81. The fourth-order valence-electron chi connectivity index (χ4n) is 3.89. The molecule has 0 aromatic heterocycles. The zero-order chi connectivity index (χ0) is 17.6. The highest BCUT2D eigenvalue weighted by Gasteiger charge is 2.27. The maximum Gasteiger partial charge on any atom is 0.246 e. The minimum Gasteiger partial charge on any atom is -0.493 e. The minimum atomic E-state index is 0.0657. The third-order valence-electron chi connectivity index (χ3n) is 5.31. The molecule has 1 aliphatic heterocycles. The van der Waals surface area contributed by atoms with Crippen LogP contribution in [0.4, 0.5) is 0 Å². The summed E-state index contributed by atoms with van der Waals surface area (Å²) < 4.78 is 10.7. The van der Waals surface area contributed by atoms with Gasteiger partial charge in [0.05, 0.1) is 14.2 Å². The van der Waals surface area contributed by atoms with Crippen molar-refractivity contribution in [2.45, 2.75) is 31.7 Å². The van der Waals surface area contributed by atoms with Gasteiger partial charge in [0, 0.05) is 43.9 Å². The number of para-hydroxylation sites is 1. The van der Waals surface area contributed by atoms with Gasteiger partial charge in [-0.15, -0.1) is 0 Å². The summed E-state index contributed by atoms with van der Waals surface area (Å²) in [6.45, 7) is 3.61. The van der Waals surface area contributed by atoms with Crippen LogP contribution in [0.3, 0.4) is 0 Å². The van der Waals surface area contributed by atoms with Crippen LogP contribution in [0.2, 0.25) is 0 Å². The van der Waals surface area contributed by atoms with Gasteiger partial charge < -0.3 is 14.4 Å². The molecule has 1 aromatic rings. The Kier molecular flexibility index (Phi) is 5.97. The monoisotopic (exact) mass is 344 g/mol. The molecule has 1 heterocycles. The van der Waals surface area contributed by atoms with Crippen molar-refractivity contribution in [3.05, 3.63) is 29.8 Å². The number of carbonyl (C=O) groups excluding carboxylic acids is 1. The van der Waals surface area contributed by atoms with Crippen LogP contribution in [-0.4, -0.2) is 62.1 Å². The van der Waals surface area contributed by atoms with E-state index in [2.05, 4.69) is 4.90 Å². The molecule has 0 unspecified atom stereocenters. The fraction of sp³-hybridized carbons (Fsp3) is 0.550. The molecule has 1 aromatic carbocycles. The van der Waals surface area contributed by atoms with Crippen LogP contribution in [0.5, 0.6) is 11.5 Å². The van der Waals surface area contributed by atoms with Crippen molar-refractivity contribution >= 4 is 12.0 Å². The average Bonchev–Trinajstić information content (AvgIpc) is 3.20. The van der Waals surface area contributed by atoms with Crippen molar-refractivity contribution in [3.8, 4) is 11.5 Å². The minimum absolute atomic E-state index is 0.0657. The predicted octanol–water partition coefficient (Wildman–Crippen LogP) is 2.80. The maximum absolute atomic E-state index is 12.5. The normalized spacial score (nSPS) is 19.5. The Balaban J connectivity index is 1.58. The molecule has 1 saturated heterocycles. The highest BCUT2D eigenvalue weighted by atomic mass is 16.5. The molecule has 0 bridgehead atoms. The van der Waals surface area contributed by atoms with E-state index in [1.807, 2.05) is 29.2 Å². The van der Waals surface area contributed by atoms with Crippen LogP contribution < -0.4 is 9.47 Å². The first-order valence-corrected chi connectivity index (χ1v) is 9.15. The van der Waals surface area contributed by atoms with Crippen molar-refractivity contribution in [1.82, 2.24) is 9.80 Å². The molecule has 25 heavy (non-hydrogen) atoms. The average molecular weight is 344 g/mol. The van der Waals surface area contributed by atoms with Crippen LogP contribution >= 0.6 is 0 Å². The Hall–Kier alpha value is -2.01. The molecule has 5 heteroatoms. The van der Waals surface area contributed by atoms with Crippen LogP contribution in [-0.2, 0) is 4.79 Å². The van der Waals surface area contributed by atoms with Crippen molar-refractivity contribution < 1.29 is 14.3 Å². The van der Waals surface area contributed by atoms with Gasteiger partial charge in [0.2, 0.25) is 5.91 Å². The number of rotatable bonds is 5. The van der Waals surface area contributed by atoms with Gasteiger partial charge in [-0.3, -0.25) is 9.69 Å². The molecular formula is C20H28N2O3. The van der Waals surface area contributed by atoms with E-state index in [1.54, 1.807) is 20.3 Å². The van der Waals surface area contributed by atoms with Crippen molar-refractivity contribution in [2.24, 2.45) is 0 Å². The summed E-state index contributed by atoms with van der Waals surface area (Å²) in [5.74, 6) is 1.39. The number of ether oxygens (including phenoxy) is 2. The molecule has 0 N–H and O–H groups in total. The lowest BCUT2D eigenvalue weighted by atomic mass is 10.1. The summed E-state index contributed by atoms with van der Waals surface area (Å²) in [6, 6.07) is 6.41. The molecule has 136 valence electrons. The topological polar surface area (TPSA) is 42.0 Å². The maximum atomic E-state index is 12.5. The van der Waals surface area contributed by atoms with E-state index < -0.39 is 0 Å². The number of methoxy groups -OCH3 is 2. The number of hydrogen-bond acceptors (Lipinski definition) is 4. The van der Waals surface area contributed by atoms with Gasteiger partial charge in [-0.1, -0.05) is 25.0 Å². The smallest absolute Gasteiger partial charge is 0.246 e. The summed E-state index contributed by atoms with van der Waals surface area (Å²) >= 11 is 0. The Morgan fingerprint density at radius 3 is 2.44 bits per heavy atom. The van der Waals surface area contributed by atoms with Crippen LogP contribution in [0.15, 0.2) is 24.3 Å². The lowest BCUT2D eigenvalue weighted by molar-refractivity contribution is -0.127. The number of benzene rings is 1. The highest BCUT2D eigenvalue weighted by molar-refractivity contribution is 5.92. The molecule has 2 aliphatic rings. The lowest BCUT2D eigenvalue weighted by Crippen LogP contribution is -2.51. The first-order valence-electron chi connectivity index (χ1n) is 9.15. The zero-order valence-corrected chi connectivity index (χ0v) is 15.2. The van der Waals surface area contributed by atoms with E-state index >= 15 is 0 Å². The van der Waals surface area contributed by atoms with E-state index in [-0.39, 0.29) is 5.91 Å². The number of nitrogens with zero attached hydrogens (tertiary/aromatic N) is 2. The number of hydrogen-bond donors (Lipinski definition) is 0. The molecule has 0 spiro atoms. The van der Waals surface area contributed by atoms with E-state index in [0.29, 0.717) is 11.5 Å². The first-order chi connectivity index (χ1) is 12.2. The second kappa shape index (κ2) is 8.39. The van der Waals surface area contributed by atoms with Gasteiger partial charge in [-0.25, -0.2) is 0 Å². The molecule has 0 atom stereocenters. The van der Waals surface area contributed by atoms with Crippen molar-refractivity contribution in [2.75, 3.05) is 40.4 Å². The van der Waals surface area contributed by atoms with Crippen molar-refractivity contribution in [1.29, 1.82) is 0 Å². The van der Waals surface area contributed by atoms with Gasteiger partial charge in [0.25, 0.3) is 0 Å². The molecular weight excluding hydrogens is 316 g/mol. The molecule has 1 amide bonds. The predicted molar refractivity (Wildman–Crippen MR) is 99.0 cm³/mol. The highest BCUT2D eigenvalue weighted by Crippen LogP contribution is 2.31. The summed E-state index contributed by atoms with van der Waals surface area (Å²) in [4.78, 5) is 17.0. The zero-order valence-electron chi connectivity index (χ0n) is 15.2. The standard InChI is InChI=1S/C20H28N2O3/c1-24-18-9-5-6-16(20(18)25-2)10-11-19(23)22-14-12-21(13-15-22)17-7-3-4-8-17/h5-6,9-11,17H,3-4,7-8,12-15H2,1-2H3. The Bertz CT molecular complexity index is 615. The quantitative estimate of drug-likeness (QED) is 0.771. The summed E-state index contributed by atoms with van der Waals surface area (Å²) in [7, 11) is 3.22. The summed E-state index contributed by atoms with van der Waals surface area (Å²) in [5.41, 5.74) is 0.847. The third kappa shape index (κ3) is 4.15. The molecule has 1 aliphatic carbocycles. The second-order valence-electron chi connectivity index (χ2n) is 6.72.